The molecule has 2 aromatic rings. The maximum atomic E-state index is 8.86. The third-order valence-corrected chi connectivity index (χ3v) is 2.97. The molecule has 0 aliphatic carbocycles. The standard InChI is InChI=1S/C15H13ClN2/c1-11-7-15(6-5-13(11)9-17)18-10-12-3-2-4-14(16)8-12/h2-8,18H,10H2,1H3. The Morgan fingerprint density at radius 2 is 2.06 bits per heavy atom. The quantitative estimate of drug-likeness (QED) is 0.896. The second kappa shape index (κ2) is 5.57. The van der Waals surface area contributed by atoms with Crippen LogP contribution < -0.4 is 5.32 Å². The summed E-state index contributed by atoms with van der Waals surface area (Å²) in [5, 5.41) is 12.9. The van der Waals surface area contributed by atoms with Gasteiger partial charge in [0.25, 0.3) is 0 Å². The molecule has 0 saturated heterocycles. The van der Waals surface area contributed by atoms with Gasteiger partial charge in [-0.3, -0.25) is 0 Å². The van der Waals surface area contributed by atoms with Crippen LogP contribution in [0.15, 0.2) is 42.5 Å². The van der Waals surface area contributed by atoms with Crippen LogP contribution in [-0.4, -0.2) is 0 Å². The maximum absolute atomic E-state index is 8.86. The summed E-state index contributed by atoms with van der Waals surface area (Å²) in [6, 6.07) is 15.6. The predicted octanol–water partition coefficient (Wildman–Crippen LogP) is 4.13. The number of rotatable bonds is 3. The summed E-state index contributed by atoms with van der Waals surface area (Å²) in [7, 11) is 0. The summed E-state index contributed by atoms with van der Waals surface area (Å²) in [6.45, 7) is 2.65. The van der Waals surface area contributed by atoms with Crippen molar-refractivity contribution < 1.29 is 0 Å². The zero-order chi connectivity index (χ0) is 13.0. The first-order valence-electron chi connectivity index (χ1n) is 5.68. The van der Waals surface area contributed by atoms with Gasteiger partial charge in [-0.2, -0.15) is 5.26 Å². The van der Waals surface area contributed by atoms with Gasteiger partial charge in [-0.15, -0.1) is 0 Å². The van der Waals surface area contributed by atoms with E-state index in [-0.39, 0.29) is 0 Å². The molecule has 2 aromatic carbocycles. The number of nitriles is 1. The third kappa shape index (κ3) is 3.03. The number of anilines is 1. The lowest BCUT2D eigenvalue weighted by Crippen LogP contribution is -1.99. The normalized spacial score (nSPS) is 9.83. The van der Waals surface area contributed by atoms with E-state index in [4.69, 9.17) is 16.9 Å². The molecule has 0 aliphatic heterocycles. The van der Waals surface area contributed by atoms with Gasteiger partial charge in [0, 0.05) is 17.3 Å². The van der Waals surface area contributed by atoms with Crippen LogP contribution in [0.25, 0.3) is 0 Å². The highest BCUT2D eigenvalue weighted by atomic mass is 35.5. The van der Waals surface area contributed by atoms with E-state index in [0.29, 0.717) is 12.1 Å². The number of hydrogen-bond donors (Lipinski definition) is 1. The average molecular weight is 257 g/mol. The summed E-state index contributed by atoms with van der Waals surface area (Å²) in [6.07, 6.45) is 0. The molecule has 0 fully saturated rings. The van der Waals surface area contributed by atoms with Crippen LogP contribution in [0.2, 0.25) is 5.02 Å². The summed E-state index contributed by atoms with van der Waals surface area (Å²) in [5.41, 5.74) is 3.83. The summed E-state index contributed by atoms with van der Waals surface area (Å²) >= 11 is 5.93. The Morgan fingerprint density at radius 1 is 1.22 bits per heavy atom. The summed E-state index contributed by atoms with van der Waals surface area (Å²) in [5.74, 6) is 0. The molecule has 0 radical (unpaired) electrons. The van der Waals surface area contributed by atoms with Gasteiger partial charge in [0.15, 0.2) is 0 Å². The van der Waals surface area contributed by atoms with Crippen molar-refractivity contribution >= 4 is 17.3 Å². The Balaban J connectivity index is 2.07. The van der Waals surface area contributed by atoms with Crippen LogP contribution in [-0.2, 0) is 6.54 Å². The Hall–Kier alpha value is -1.98. The van der Waals surface area contributed by atoms with Gasteiger partial charge < -0.3 is 5.32 Å². The van der Waals surface area contributed by atoms with E-state index < -0.39 is 0 Å². The minimum Gasteiger partial charge on any atom is -0.381 e. The number of halogens is 1. The van der Waals surface area contributed by atoms with E-state index in [1.54, 1.807) is 0 Å². The molecule has 0 heterocycles. The molecule has 0 unspecified atom stereocenters. The SMILES string of the molecule is Cc1cc(NCc2cccc(Cl)c2)ccc1C#N. The molecule has 0 aromatic heterocycles. The highest BCUT2D eigenvalue weighted by Gasteiger charge is 1.99. The van der Waals surface area contributed by atoms with E-state index in [2.05, 4.69) is 11.4 Å². The summed E-state index contributed by atoms with van der Waals surface area (Å²) < 4.78 is 0. The van der Waals surface area contributed by atoms with E-state index in [1.165, 1.54) is 0 Å². The molecule has 0 saturated carbocycles. The van der Waals surface area contributed by atoms with Crippen LogP contribution in [0.5, 0.6) is 0 Å². The number of aryl methyl sites for hydroxylation is 1. The zero-order valence-electron chi connectivity index (χ0n) is 10.1. The molecule has 0 atom stereocenters. The Labute approximate surface area is 112 Å². The van der Waals surface area contributed by atoms with Crippen molar-refractivity contribution in [1.29, 1.82) is 5.26 Å². The first kappa shape index (κ1) is 12.5. The zero-order valence-corrected chi connectivity index (χ0v) is 10.8. The molecule has 2 rings (SSSR count). The smallest absolute Gasteiger partial charge is 0.0994 e. The molecule has 90 valence electrons. The van der Waals surface area contributed by atoms with Crippen molar-refractivity contribution in [3.05, 3.63) is 64.2 Å². The topological polar surface area (TPSA) is 35.8 Å². The lowest BCUT2D eigenvalue weighted by Gasteiger charge is -2.08. The van der Waals surface area contributed by atoms with Gasteiger partial charge in [0.1, 0.15) is 0 Å². The molecule has 0 spiro atoms. The van der Waals surface area contributed by atoms with Crippen LogP contribution in [0.1, 0.15) is 16.7 Å². The fraction of sp³-hybridized carbons (Fsp3) is 0.133. The van der Waals surface area contributed by atoms with Gasteiger partial charge in [0.2, 0.25) is 0 Å². The first-order chi connectivity index (χ1) is 8.69. The fourth-order valence-corrected chi connectivity index (χ4v) is 1.96. The predicted molar refractivity (Wildman–Crippen MR) is 74.7 cm³/mol. The number of hydrogen-bond acceptors (Lipinski definition) is 2. The van der Waals surface area contributed by atoms with E-state index in [0.717, 1.165) is 21.8 Å². The number of benzene rings is 2. The lowest BCUT2D eigenvalue weighted by atomic mass is 10.1. The minimum absolute atomic E-state index is 0.711. The largest absolute Gasteiger partial charge is 0.381 e. The lowest BCUT2D eigenvalue weighted by molar-refractivity contribution is 1.15. The third-order valence-electron chi connectivity index (χ3n) is 2.73. The molecular formula is C15H13ClN2. The minimum atomic E-state index is 0.711. The van der Waals surface area contributed by atoms with E-state index >= 15 is 0 Å². The van der Waals surface area contributed by atoms with Crippen LogP contribution in [0, 0.1) is 18.3 Å². The van der Waals surface area contributed by atoms with Gasteiger partial charge >= 0.3 is 0 Å². The molecule has 1 N–H and O–H groups in total. The summed E-state index contributed by atoms with van der Waals surface area (Å²) in [4.78, 5) is 0. The van der Waals surface area contributed by atoms with Crippen molar-refractivity contribution in [3.8, 4) is 6.07 Å². The highest BCUT2D eigenvalue weighted by Crippen LogP contribution is 2.16. The molecule has 0 aliphatic rings. The van der Waals surface area contributed by atoms with Gasteiger partial charge in [0.05, 0.1) is 11.6 Å². The molecule has 2 nitrogen and oxygen atoms in total. The molecule has 0 amide bonds. The maximum Gasteiger partial charge on any atom is 0.0994 e. The van der Waals surface area contributed by atoms with Crippen molar-refractivity contribution in [1.82, 2.24) is 0 Å². The van der Waals surface area contributed by atoms with Crippen molar-refractivity contribution in [2.24, 2.45) is 0 Å². The van der Waals surface area contributed by atoms with Crippen LogP contribution in [0.4, 0.5) is 5.69 Å². The Bertz CT molecular complexity index is 600. The van der Waals surface area contributed by atoms with Crippen LogP contribution >= 0.6 is 11.6 Å². The van der Waals surface area contributed by atoms with Crippen LogP contribution in [0.3, 0.4) is 0 Å². The highest BCUT2D eigenvalue weighted by molar-refractivity contribution is 6.30. The molecule has 0 bridgehead atoms. The monoisotopic (exact) mass is 256 g/mol. The second-order valence-corrected chi connectivity index (χ2v) is 4.56. The van der Waals surface area contributed by atoms with Gasteiger partial charge in [-0.05, 0) is 48.4 Å². The van der Waals surface area contributed by atoms with Crippen molar-refractivity contribution in [3.63, 3.8) is 0 Å². The molecular weight excluding hydrogens is 244 g/mol. The van der Waals surface area contributed by atoms with Gasteiger partial charge in [-0.1, -0.05) is 23.7 Å². The van der Waals surface area contributed by atoms with E-state index in [9.17, 15) is 0 Å². The number of nitrogens with zero attached hydrogens (tertiary/aromatic N) is 1. The van der Waals surface area contributed by atoms with Crippen molar-refractivity contribution in [2.75, 3.05) is 5.32 Å². The first-order valence-corrected chi connectivity index (χ1v) is 6.06. The molecule has 18 heavy (non-hydrogen) atoms. The second-order valence-electron chi connectivity index (χ2n) is 4.12. The van der Waals surface area contributed by atoms with Gasteiger partial charge in [-0.25, -0.2) is 0 Å². The fourth-order valence-electron chi connectivity index (χ4n) is 1.75. The van der Waals surface area contributed by atoms with Crippen molar-refractivity contribution in [2.45, 2.75) is 13.5 Å². The average Bonchev–Trinajstić information content (AvgIpc) is 2.37. The molecule has 3 heteroatoms. The van der Waals surface area contributed by atoms with E-state index in [1.807, 2.05) is 49.4 Å². The Morgan fingerprint density at radius 3 is 2.72 bits per heavy atom. The number of nitrogens with one attached hydrogen (secondary N) is 1. The Kier molecular flexibility index (Phi) is 3.86.